The predicted octanol–water partition coefficient (Wildman–Crippen LogP) is 2.84. The lowest BCUT2D eigenvalue weighted by atomic mass is 10.1. The Morgan fingerprint density at radius 3 is 2.76 bits per heavy atom. The maximum absolute atomic E-state index is 12.3. The van der Waals surface area contributed by atoms with E-state index in [1.54, 1.807) is 23.2 Å². The molecule has 3 aromatic heterocycles. The monoisotopic (exact) mass is 386 g/mol. The Morgan fingerprint density at radius 1 is 1.10 bits per heavy atom. The molecule has 4 aromatic rings. The van der Waals surface area contributed by atoms with Crippen LogP contribution in [0.25, 0.3) is 22.4 Å². The summed E-state index contributed by atoms with van der Waals surface area (Å²) in [5, 5.41) is 18.6. The molecule has 4 heterocycles. The van der Waals surface area contributed by atoms with Crippen molar-refractivity contribution in [2.24, 2.45) is 0 Å². The standard InChI is InChI=1S/C21H18N6O2/c28-16-9-5-11-27(16)21-14-8-4-10-22-17(14)19(29)18(24-21)20-23-15(25-26-20)12-13-6-2-1-3-7-13/h1-4,6-8,10,29H,5,9,11-12H2,(H,23,25,26). The first-order valence-corrected chi connectivity index (χ1v) is 9.44. The van der Waals surface area contributed by atoms with Gasteiger partial charge in [-0.2, -0.15) is 5.10 Å². The van der Waals surface area contributed by atoms with Gasteiger partial charge in [0.2, 0.25) is 11.7 Å². The van der Waals surface area contributed by atoms with Crippen molar-refractivity contribution in [3.63, 3.8) is 0 Å². The molecule has 144 valence electrons. The molecule has 0 aliphatic carbocycles. The number of pyridine rings is 2. The molecular weight excluding hydrogens is 368 g/mol. The van der Waals surface area contributed by atoms with E-state index in [1.807, 2.05) is 30.3 Å². The molecule has 1 aliphatic rings. The quantitative estimate of drug-likeness (QED) is 0.558. The number of aromatic hydroxyl groups is 1. The van der Waals surface area contributed by atoms with Crippen LogP contribution in [-0.4, -0.2) is 42.7 Å². The number of hydrogen-bond acceptors (Lipinski definition) is 6. The zero-order chi connectivity index (χ0) is 19.8. The number of hydrogen-bond donors (Lipinski definition) is 2. The van der Waals surface area contributed by atoms with Gasteiger partial charge >= 0.3 is 0 Å². The Morgan fingerprint density at radius 2 is 1.97 bits per heavy atom. The minimum atomic E-state index is -0.0961. The van der Waals surface area contributed by atoms with Crippen molar-refractivity contribution in [3.05, 3.63) is 60.0 Å². The zero-order valence-corrected chi connectivity index (χ0v) is 15.5. The van der Waals surface area contributed by atoms with E-state index in [-0.39, 0.29) is 23.2 Å². The number of anilines is 1. The van der Waals surface area contributed by atoms with E-state index < -0.39 is 0 Å². The van der Waals surface area contributed by atoms with Crippen LogP contribution < -0.4 is 4.90 Å². The number of aromatic nitrogens is 5. The van der Waals surface area contributed by atoms with Gasteiger partial charge in [-0.1, -0.05) is 30.3 Å². The Hall–Kier alpha value is -3.81. The molecule has 1 aromatic carbocycles. The van der Waals surface area contributed by atoms with Gasteiger partial charge in [0.05, 0.1) is 0 Å². The SMILES string of the molecule is O=C1CCCN1c1nc(-c2n[nH]c(Cc3ccccc3)n2)c(O)c2ncccc12. The normalized spacial score (nSPS) is 14.1. The van der Waals surface area contributed by atoms with Crippen LogP contribution in [0.5, 0.6) is 5.75 Å². The molecule has 0 bridgehead atoms. The fourth-order valence-corrected chi connectivity index (χ4v) is 3.61. The minimum absolute atomic E-state index is 0.0130. The molecule has 0 unspecified atom stereocenters. The summed E-state index contributed by atoms with van der Waals surface area (Å²) in [5.74, 6) is 1.33. The van der Waals surface area contributed by atoms with Crippen molar-refractivity contribution in [1.82, 2.24) is 25.1 Å². The van der Waals surface area contributed by atoms with Crippen molar-refractivity contribution in [1.29, 1.82) is 0 Å². The van der Waals surface area contributed by atoms with Crippen molar-refractivity contribution in [3.8, 4) is 17.3 Å². The van der Waals surface area contributed by atoms with Gasteiger partial charge in [-0.05, 0) is 24.1 Å². The van der Waals surface area contributed by atoms with Crippen LogP contribution in [0.2, 0.25) is 0 Å². The summed E-state index contributed by atoms with van der Waals surface area (Å²) in [5.41, 5.74) is 1.68. The largest absolute Gasteiger partial charge is 0.504 e. The van der Waals surface area contributed by atoms with E-state index in [1.165, 1.54) is 0 Å². The third-order valence-corrected chi connectivity index (χ3v) is 5.00. The van der Waals surface area contributed by atoms with Gasteiger partial charge in [0.1, 0.15) is 17.2 Å². The highest BCUT2D eigenvalue weighted by Gasteiger charge is 2.28. The van der Waals surface area contributed by atoms with E-state index in [0.29, 0.717) is 41.9 Å². The molecule has 0 spiro atoms. The van der Waals surface area contributed by atoms with E-state index >= 15 is 0 Å². The van der Waals surface area contributed by atoms with Crippen molar-refractivity contribution < 1.29 is 9.90 Å². The highest BCUT2D eigenvalue weighted by Crippen LogP contribution is 2.37. The summed E-state index contributed by atoms with van der Waals surface area (Å²) in [4.78, 5) is 27.4. The van der Waals surface area contributed by atoms with Gasteiger partial charge in [0.15, 0.2) is 11.4 Å². The van der Waals surface area contributed by atoms with Crippen LogP contribution in [0, 0.1) is 0 Å². The highest BCUT2D eigenvalue weighted by atomic mass is 16.3. The number of H-pyrrole nitrogens is 1. The van der Waals surface area contributed by atoms with Crippen LogP contribution >= 0.6 is 0 Å². The molecule has 0 radical (unpaired) electrons. The molecule has 2 N–H and O–H groups in total. The third kappa shape index (κ3) is 3.08. The number of nitrogens with zero attached hydrogens (tertiary/aromatic N) is 5. The number of nitrogens with one attached hydrogen (secondary N) is 1. The first-order valence-electron chi connectivity index (χ1n) is 9.44. The maximum atomic E-state index is 12.3. The molecular formula is C21H18N6O2. The summed E-state index contributed by atoms with van der Waals surface area (Å²) < 4.78 is 0. The second kappa shape index (κ2) is 6.97. The molecule has 0 saturated carbocycles. The second-order valence-corrected chi connectivity index (χ2v) is 6.95. The number of carbonyl (C=O) groups excluding carboxylic acids is 1. The van der Waals surface area contributed by atoms with E-state index in [0.717, 1.165) is 12.0 Å². The lowest BCUT2D eigenvalue weighted by molar-refractivity contribution is -0.117. The van der Waals surface area contributed by atoms with Crippen LogP contribution in [0.1, 0.15) is 24.2 Å². The minimum Gasteiger partial charge on any atom is -0.504 e. The molecule has 1 saturated heterocycles. The summed E-state index contributed by atoms with van der Waals surface area (Å²) in [6, 6.07) is 13.5. The number of fused-ring (bicyclic) bond motifs is 1. The van der Waals surface area contributed by atoms with Crippen molar-refractivity contribution in [2.45, 2.75) is 19.3 Å². The van der Waals surface area contributed by atoms with Gasteiger partial charge in [-0.15, -0.1) is 0 Å². The smallest absolute Gasteiger partial charge is 0.228 e. The molecule has 1 aliphatic heterocycles. The number of rotatable bonds is 4. The van der Waals surface area contributed by atoms with Gasteiger partial charge in [0.25, 0.3) is 0 Å². The average Bonchev–Trinajstić information content (AvgIpc) is 3.38. The van der Waals surface area contributed by atoms with Crippen LogP contribution in [-0.2, 0) is 11.2 Å². The molecule has 5 rings (SSSR count). The summed E-state index contributed by atoms with van der Waals surface area (Å²) in [6.07, 6.45) is 3.44. The molecule has 29 heavy (non-hydrogen) atoms. The summed E-state index contributed by atoms with van der Waals surface area (Å²) in [7, 11) is 0. The van der Waals surface area contributed by atoms with Gasteiger partial charge in [0, 0.05) is 31.0 Å². The highest BCUT2D eigenvalue weighted by molar-refractivity contribution is 6.05. The lowest BCUT2D eigenvalue weighted by Crippen LogP contribution is -2.25. The van der Waals surface area contributed by atoms with Crippen molar-refractivity contribution in [2.75, 3.05) is 11.4 Å². The van der Waals surface area contributed by atoms with Crippen LogP contribution in [0.4, 0.5) is 5.82 Å². The summed E-state index contributed by atoms with van der Waals surface area (Å²) >= 11 is 0. The Balaban J connectivity index is 1.60. The predicted molar refractivity (Wildman–Crippen MR) is 107 cm³/mol. The average molecular weight is 386 g/mol. The van der Waals surface area contributed by atoms with Crippen molar-refractivity contribution >= 4 is 22.6 Å². The molecule has 1 fully saturated rings. The van der Waals surface area contributed by atoms with Crippen LogP contribution in [0.3, 0.4) is 0 Å². The van der Waals surface area contributed by atoms with E-state index in [2.05, 4.69) is 25.1 Å². The topological polar surface area (TPSA) is 108 Å². The van der Waals surface area contributed by atoms with Gasteiger partial charge in [-0.3, -0.25) is 19.8 Å². The molecule has 0 atom stereocenters. The van der Waals surface area contributed by atoms with Crippen LogP contribution in [0.15, 0.2) is 48.7 Å². The maximum Gasteiger partial charge on any atom is 0.228 e. The molecule has 8 nitrogen and oxygen atoms in total. The Bertz CT molecular complexity index is 1200. The third-order valence-electron chi connectivity index (χ3n) is 5.00. The van der Waals surface area contributed by atoms with E-state index in [9.17, 15) is 9.90 Å². The fraction of sp³-hybridized carbons (Fsp3) is 0.190. The fourth-order valence-electron chi connectivity index (χ4n) is 3.61. The Labute approximate surface area is 166 Å². The number of aromatic amines is 1. The number of carbonyl (C=O) groups is 1. The van der Waals surface area contributed by atoms with Gasteiger partial charge < -0.3 is 5.11 Å². The first kappa shape index (κ1) is 17.3. The second-order valence-electron chi connectivity index (χ2n) is 6.95. The molecule has 8 heteroatoms. The summed E-state index contributed by atoms with van der Waals surface area (Å²) in [6.45, 7) is 0.591. The zero-order valence-electron chi connectivity index (χ0n) is 15.5. The number of amides is 1. The van der Waals surface area contributed by atoms with E-state index in [4.69, 9.17) is 0 Å². The Kier molecular flexibility index (Phi) is 4.16. The van der Waals surface area contributed by atoms with Gasteiger partial charge in [-0.25, -0.2) is 9.97 Å². The first-order chi connectivity index (χ1) is 14.2. The lowest BCUT2D eigenvalue weighted by Gasteiger charge is -2.18. The number of benzene rings is 1. The molecule has 1 amide bonds.